The van der Waals surface area contributed by atoms with Gasteiger partial charge >= 0.3 is 5.97 Å². The molecule has 2 aromatic rings. The summed E-state index contributed by atoms with van der Waals surface area (Å²) in [4.78, 5) is 25.6. The zero-order valence-electron chi connectivity index (χ0n) is 19.4. The number of thioether (sulfide) groups is 1. The van der Waals surface area contributed by atoms with Crippen LogP contribution in [-0.2, 0) is 16.2 Å². The number of hydrogen-bond acceptors (Lipinski definition) is 6. The van der Waals surface area contributed by atoms with E-state index < -0.39 is 5.97 Å². The minimum absolute atomic E-state index is 0.120. The number of carbonyl (C=O) groups excluding carboxylic acids is 1. The van der Waals surface area contributed by atoms with Gasteiger partial charge in [0.2, 0.25) is 0 Å². The normalized spacial score (nSPS) is 14.6. The molecule has 1 saturated heterocycles. The summed E-state index contributed by atoms with van der Waals surface area (Å²) in [7, 11) is 0. The average molecular weight is 500 g/mol. The van der Waals surface area contributed by atoms with Crippen LogP contribution in [0.3, 0.4) is 0 Å². The van der Waals surface area contributed by atoms with Crippen LogP contribution in [0.2, 0.25) is 0 Å². The van der Waals surface area contributed by atoms with Gasteiger partial charge in [-0.25, -0.2) is 0 Å². The zero-order chi connectivity index (χ0) is 24.5. The SMILES string of the molecule is CCOc1cc(/C=C2\SC(=S)N(CCCCCC(=O)O)C2=O)ccc1OCc1ccc(C)cc1. The lowest BCUT2D eigenvalue weighted by molar-refractivity contribution is -0.137. The van der Waals surface area contributed by atoms with Gasteiger partial charge in [-0.1, -0.05) is 66.3 Å². The lowest BCUT2D eigenvalue weighted by Gasteiger charge is -2.14. The monoisotopic (exact) mass is 499 g/mol. The van der Waals surface area contributed by atoms with Crippen molar-refractivity contribution in [1.29, 1.82) is 0 Å². The van der Waals surface area contributed by atoms with Crippen LogP contribution in [0.5, 0.6) is 11.5 Å². The van der Waals surface area contributed by atoms with Gasteiger partial charge in [0.15, 0.2) is 11.5 Å². The molecule has 0 aliphatic carbocycles. The van der Waals surface area contributed by atoms with E-state index in [0.29, 0.717) is 53.3 Å². The summed E-state index contributed by atoms with van der Waals surface area (Å²) < 4.78 is 12.3. The molecular weight excluding hydrogens is 470 g/mol. The number of benzene rings is 2. The lowest BCUT2D eigenvalue weighted by Crippen LogP contribution is -2.29. The average Bonchev–Trinajstić information content (AvgIpc) is 3.06. The number of ether oxygens (including phenoxy) is 2. The molecular formula is C26H29NO5S2. The highest BCUT2D eigenvalue weighted by Gasteiger charge is 2.31. The molecule has 1 heterocycles. The highest BCUT2D eigenvalue weighted by Crippen LogP contribution is 2.35. The van der Waals surface area contributed by atoms with Gasteiger partial charge in [0.25, 0.3) is 5.91 Å². The third kappa shape index (κ3) is 7.33. The van der Waals surface area contributed by atoms with Crippen molar-refractivity contribution in [2.24, 2.45) is 0 Å². The molecule has 8 heteroatoms. The van der Waals surface area contributed by atoms with E-state index >= 15 is 0 Å². The minimum atomic E-state index is -0.800. The van der Waals surface area contributed by atoms with Gasteiger partial charge in [0, 0.05) is 13.0 Å². The van der Waals surface area contributed by atoms with E-state index in [0.717, 1.165) is 17.5 Å². The Morgan fingerprint density at radius 2 is 1.85 bits per heavy atom. The van der Waals surface area contributed by atoms with Crippen molar-refractivity contribution >= 4 is 46.3 Å². The maximum Gasteiger partial charge on any atom is 0.303 e. The van der Waals surface area contributed by atoms with Crippen LogP contribution in [0.1, 0.15) is 49.3 Å². The molecule has 0 atom stereocenters. The second kappa shape index (κ2) is 12.6. The van der Waals surface area contributed by atoms with Gasteiger partial charge in [-0.2, -0.15) is 0 Å². The fraction of sp³-hybridized carbons (Fsp3) is 0.346. The van der Waals surface area contributed by atoms with Crippen LogP contribution in [0.4, 0.5) is 0 Å². The van der Waals surface area contributed by atoms with Gasteiger partial charge in [0.1, 0.15) is 10.9 Å². The maximum atomic E-state index is 12.9. The van der Waals surface area contributed by atoms with Crippen molar-refractivity contribution in [3.63, 3.8) is 0 Å². The van der Waals surface area contributed by atoms with Crippen LogP contribution >= 0.6 is 24.0 Å². The molecule has 2 aromatic carbocycles. The van der Waals surface area contributed by atoms with E-state index in [-0.39, 0.29) is 12.3 Å². The topological polar surface area (TPSA) is 76.1 Å². The number of aryl methyl sites for hydroxylation is 1. The van der Waals surface area contributed by atoms with E-state index in [2.05, 4.69) is 12.1 Å². The number of hydrogen-bond donors (Lipinski definition) is 1. The first kappa shape index (κ1) is 25.8. The third-order valence-corrected chi connectivity index (χ3v) is 6.60. The number of amides is 1. The van der Waals surface area contributed by atoms with Gasteiger partial charge in [-0.05, 0) is 56.0 Å². The molecule has 1 amide bonds. The Labute approximate surface area is 209 Å². The fourth-order valence-corrected chi connectivity index (χ4v) is 4.72. The molecule has 3 rings (SSSR count). The quantitative estimate of drug-likeness (QED) is 0.224. The summed E-state index contributed by atoms with van der Waals surface area (Å²) in [6, 6.07) is 13.8. The molecule has 6 nitrogen and oxygen atoms in total. The summed E-state index contributed by atoms with van der Waals surface area (Å²) in [5.74, 6) is 0.350. The largest absolute Gasteiger partial charge is 0.490 e. The Bertz CT molecular complexity index is 1070. The number of carbonyl (C=O) groups is 2. The number of aliphatic carboxylic acids is 1. The van der Waals surface area contributed by atoms with Crippen molar-refractivity contribution in [3.05, 3.63) is 64.1 Å². The number of rotatable bonds is 12. The Balaban J connectivity index is 1.65. The van der Waals surface area contributed by atoms with Gasteiger partial charge < -0.3 is 14.6 Å². The molecule has 0 unspecified atom stereocenters. The van der Waals surface area contributed by atoms with E-state index in [9.17, 15) is 9.59 Å². The molecule has 1 aliphatic rings. The summed E-state index contributed by atoms with van der Waals surface area (Å²) >= 11 is 6.68. The molecule has 1 N–H and O–H groups in total. The van der Waals surface area contributed by atoms with Crippen LogP contribution in [0.25, 0.3) is 6.08 Å². The van der Waals surface area contributed by atoms with Crippen LogP contribution in [0.15, 0.2) is 47.4 Å². The number of nitrogens with zero attached hydrogens (tertiary/aromatic N) is 1. The van der Waals surface area contributed by atoms with Crippen LogP contribution in [-0.4, -0.2) is 39.4 Å². The van der Waals surface area contributed by atoms with Gasteiger partial charge in [-0.3, -0.25) is 14.5 Å². The predicted molar refractivity (Wildman–Crippen MR) is 139 cm³/mol. The van der Waals surface area contributed by atoms with Crippen molar-refractivity contribution in [2.75, 3.05) is 13.2 Å². The molecule has 0 bridgehead atoms. The number of carboxylic acid groups (broad SMARTS) is 1. The van der Waals surface area contributed by atoms with Gasteiger partial charge in [-0.15, -0.1) is 0 Å². The number of thiocarbonyl (C=S) groups is 1. The Kier molecular flexibility index (Phi) is 9.53. The molecule has 0 aromatic heterocycles. The zero-order valence-corrected chi connectivity index (χ0v) is 21.0. The first-order valence-corrected chi connectivity index (χ1v) is 12.5. The fourth-order valence-electron chi connectivity index (χ4n) is 3.41. The maximum absolute atomic E-state index is 12.9. The van der Waals surface area contributed by atoms with E-state index in [1.54, 1.807) is 4.90 Å². The van der Waals surface area contributed by atoms with Gasteiger partial charge in [0.05, 0.1) is 11.5 Å². The predicted octanol–water partition coefficient (Wildman–Crippen LogP) is 5.82. The van der Waals surface area contributed by atoms with Crippen molar-refractivity contribution in [2.45, 2.75) is 46.1 Å². The van der Waals surface area contributed by atoms with Crippen LogP contribution in [0, 0.1) is 6.92 Å². The molecule has 0 radical (unpaired) electrons. The molecule has 1 fully saturated rings. The van der Waals surface area contributed by atoms with Crippen LogP contribution < -0.4 is 9.47 Å². The molecule has 0 spiro atoms. The minimum Gasteiger partial charge on any atom is -0.490 e. The lowest BCUT2D eigenvalue weighted by atomic mass is 10.1. The summed E-state index contributed by atoms with van der Waals surface area (Å²) in [5.41, 5.74) is 3.10. The second-order valence-corrected chi connectivity index (χ2v) is 9.63. The first-order chi connectivity index (χ1) is 16.4. The Morgan fingerprint density at radius 1 is 1.09 bits per heavy atom. The Morgan fingerprint density at radius 3 is 2.56 bits per heavy atom. The molecule has 0 saturated carbocycles. The summed E-state index contributed by atoms with van der Waals surface area (Å²) in [6.07, 6.45) is 4.01. The van der Waals surface area contributed by atoms with Crippen molar-refractivity contribution < 1.29 is 24.2 Å². The summed E-state index contributed by atoms with van der Waals surface area (Å²) in [6.45, 7) is 5.39. The third-order valence-electron chi connectivity index (χ3n) is 5.23. The summed E-state index contributed by atoms with van der Waals surface area (Å²) in [5, 5.41) is 8.73. The Hall–Kier alpha value is -2.84. The highest BCUT2D eigenvalue weighted by atomic mass is 32.2. The molecule has 180 valence electrons. The first-order valence-electron chi connectivity index (χ1n) is 11.3. The number of unbranched alkanes of at least 4 members (excludes halogenated alkanes) is 2. The van der Waals surface area contributed by atoms with Crippen molar-refractivity contribution in [3.8, 4) is 11.5 Å². The van der Waals surface area contributed by atoms with Crippen molar-refractivity contribution in [1.82, 2.24) is 4.90 Å². The number of carboxylic acids is 1. The standard InChI is InChI=1S/C26H29NO5S2/c1-3-31-22-15-20(12-13-21(22)32-17-19-10-8-18(2)9-11-19)16-23-25(30)27(26(33)34-23)14-6-4-5-7-24(28)29/h8-13,15-16H,3-7,14,17H2,1-2H3,(H,28,29)/b23-16-. The highest BCUT2D eigenvalue weighted by molar-refractivity contribution is 8.26. The smallest absolute Gasteiger partial charge is 0.303 e. The van der Waals surface area contributed by atoms with E-state index in [4.69, 9.17) is 26.8 Å². The van der Waals surface area contributed by atoms with E-state index in [1.807, 2.05) is 50.3 Å². The molecule has 34 heavy (non-hydrogen) atoms. The second-order valence-electron chi connectivity index (χ2n) is 7.95. The van der Waals surface area contributed by atoms with E-state index in [1.165, 1.54) is 17.3 Å². The molecule has 1 aliphatic heterocycles.